The number of hydrogen-bond donors (Lipinski definition) is 0. The van der Waals surface area contributed by atoms with Gasteiger partial charge in [-0.05, 0) is 25.9 Å². The zero-order valence-corrected chi connectivity index (χ0v) is 10.5. The molecule has 0 atom stereocenters. The fraction of sp³-hybridized carbons (Fsp3) is 0.857. The molecule has 0 aliphatic heterocycles. The highest BCUT2D eigenvalue weighted by molar-refractivity contribution is 6.75. The molecule has 0 radical (unpaired) electrons. The molecule has 0 saturated heterocycles. The lowest BCUT2D eigenvalue weighted by atomic mass is 10.5. The summed E-state index contributed by atoms with van der Waals surface area (Å²) >= 11 is 0. The molecule has 0 unspecified atom stereocenters. The van der Waals surface area contributed by atoms with Crippen molar-refractivity contribution in [2.24, 2.45) is 4.66 Å². The van der Waals surface area contributed by atoms with E-state index in [4.69, 9.17) is 4.43 Å². The largest absolute Gasteiger partial charge is 0.424 e. The van der Waals surface area contributed by atoms with Crippen molar-refractivity contribution in [1.29, 1.82) is 0 Å². The van der Waals surface area contributed by atoms with Crippen LogP contribution in [-0.2, 0) is 4.43 Å². The predicted molar refractivity (Wildman–Crippen MR) is 56.8 cm³/mol. The quantitative estimate of drug-likeness (QED) is 0.364. The smallest absolute Gasteiger partial charge is 0.171 e. The van der Waals surface area contributed by atoms with Crippen molar-refractivity contribution in [1.82, 2.24) is 0 Å². The van der Waals surface area contributed by atoms with Gasteiger partial charge < -0.3 is 9.08 Å². The van der Waals surface area contributed by atoms with Crippen molar-refractivity contribution in [3.63, 3.8) is 0 Å². The van der Waals surface area contributed by atoms with Gasteiger partial charge in [-0.2, -0.15) is 0 Å². The molecular formula is C7H19NOSi2. The summed E-state index contributed by atoms with van der Waals surface area (Å²) in [6.07, 6.45) is 3.02. The monoisotopic (exact) mass is 189 g/mol. The topological polar surface area (TPSA) is 21.6 Å². The highest BCUT2D eigenvalue weighted by Crippen LogP contribution is 2.00. The number of hydrogen-bond acceptors (Lipinski definition) is 2. The molecule has 11 heavy (non-hydrogen) atoms. The van der Waals surface area contributed by atoms with E-state index in [0.29, 0.717) is 0 Å². The molecule has 0 amide bonds. The Balaban J connectivity index is 3.30. The van der Waals surface area contributed by atoms with Crippen molar-refractivity contribution in [3.8, 4) is 0 Å². The first-order chi connectivity index (χ1) is 5.06. The molecule has 0 aromatic carbocycles. The average Bonchev–Trinajstić information content (AvgIpc) is 1.85. The van der Waals surface area contributed by atoms with Crippen LogP contribution in [0.1, 0.15) is 6.42 Å². The summed E-state index contributed by atoms with van der Waals surface area (Å²) in [6, 6.07) is 0. The Hall–Kier alpha value is 0.0638. The van der Waals surface area contributed by atoms with Crippen LogP contribution in [0.3, 0.4) is 0 Å². The zero-order chi connectivity index (χ0) is 8.74. The highest BCUT2D eigenvalue weighted by atomic mass is 28.3. The molecule has 0 bridgehead atoms. The van der Waals surface area contributed by atoms with Gasteiger partial charge in [0.15, 0.2) is 18.0 Å². The number of rotatable bonds is 5. The van der Waals surface area contributed by atoms with E-state index in [-0.39, 0.29) is 9.76 Å². The second kappa shape index (κ2) is 5.68. The van der Waals surface area contributed by atoms with Crippen LogP contribution in [0.5, 0.6) is 0 Å². The van der Waals surface area contributed by atoms with Gasteiger partial charge >= 0.3 is 0 Å². The Kier molecular flexibility index (Phi) is 5.71. The Morgan fingerprint density at radius 3 is 2.55 bits per heavy atom. The summed E-state index contributed by atoms with van der Waals surface area (Å²) in [6.45, 7) is 9.73. The van der Waals surface area contributed by atoms with E-state index in [2.05, 4.69) is 30.8 Å². The van der Waals surface area contributed by atoms with Crippen LogP contribution in [-0.4, -0.2) is 30.8 Å². The molecule has 0 aliphatic rings. The van der Waals surface area contributed by atoms with Gasteiger partial charge in [0.05, 0.1) is 0 Å². The SMILES string of the molecule is C[SiH2]OCCC=N[Si](C)(C)C. The Morgan fingerprint density at radius 2 is 2.09 bits per heavy atom. The molecule has 0 rings (SSSR count). The molecule has 0 heterocycles. The molecule has 0 aromatic rings. The van der Waals surface area contributed by atoms with Crippen molar-refractivity contribution < 1.29 is 4.43 Å². The second-order valence-corrected chi connectivity index (χ2v) is 9.05. The fourth-order valence-electron chi connectivity index (χ4n) is 0.619. The maximum atomic E-state index is 5.31. The van der Waals surface area contributed by atoms with Gasteiger partial charge in [0, 0.05) is 13.0 Å². The van der Waals surface area contributed by atoms with Gasteiger partial charge in [0.2, 0.25) is 0 Å². The van der Waals surface area contributed by atoms with E-state index in [1.807, 2.05) is 6.21 Å². The summed E-state index contributed by atoms with van der Waals surface area (Å²) in [5.41, 5.74) is 0. The van der Waals surface area contributed by atoms with Gasteiger partial charge in [-0.15, -0.1) is 0 Å². The van der Waals surface area contributed by atoms with Gasteiger partial charge in [0.1, 0.15) is 0 Å². The van der Waals surface area contributed by atoms with E-state index in [0.717, 1.165) is 13.0 Å². The molecule has 4 heteroatoms. The van der Waals surface area contributed by atoms with Gasteiger partial charge in [-0.25, -0.2) is 0 Å². The maximum absolute atomic E-state index is 5.31. The van der Waals surface area contributed by atoms with Gasteiger partial charge in [-0.1, -0.05) is 6.55 Å². The van der Waals surface area contributed by atoms with E-state index in [1.54, 1.807) is 0 Å². The van der Waals surface area contributed by atoms with E-state index in [1.165, 1.54) is 0 Å². The van der Waals surface area contributed by atoms with Crippen molar-refractivity contribution in [2.75, 3.05) is 6.61 Å². The average molecular weight is 189 g/mol. The number of nitrogens with zero attached hydrogens (tertiary/aromatic N) is 1. The summed E-state index contributed by atoms with van der Waals surface area (Å²) in [4.78, 5) is 0. The standard InChI is InChI=1S/C7H19NOSi2/c1-10-9-7-5-6-8-11(2,3)4/h6H,5,7,10H2,1-4H3. The summed E-state index contributed by atoms with van der Waals surface area (Å²) in [7, 11) is -1.39. The Bertz CT molecular complexity index is 120. The second-order valence-electron chi connectivity index (χ2n) is 3.47. The normalized spacial score (nSPS) is 13.8. The highest BCUT2D eigenvalue weighted by Gasteiger charge is 2.08. The third-order valence-corrected chi connectivity index (χ3v) is 2.73. The van der Waals surface area contributed by atoms with Crippen LogP contribution in [0.15, 0.2) is 4.66 Å². The third kappa shape index (κ3) is 10.1. The molecular weight excluding hydrogens is 170 g/mol. The first kappa shape index (κ1) is 11.1. The minimum absolute atomic E-state index is 0.198. The molecule has 66 valence electrons. The summed E-state index contributed by atoms with van der Waals surface area (Å²) in [5.74, 6) is 0. The van der Waals surface area contributed by atoms with Crippen molar-refractivity contribution >= 4 is 24.2 Å². The van der Waals surface area contributed by atoms with Crippen LogP contribution in [0, 0.1) is 0 Å². The first-order valence-corrected chi connectivity index (χ1v) is 9.61. The van der Waals surface area contributed by atoms with Gasteiger partial charge in [0.25, 0.3) is 0 Å². The molecule has 0 N–H and O–H groups in total. The lowest BCUT2D eigenvalue weighted by molar-refractivity contribution is 0.353. The van der Waals surface area contributed by atoms with E-state index < -0.39 is 8.24 Å². The molecule has 0 aliphatic carbocycles. The van der Waals surface area contributed by atoms with E-state index in [9.17, 15) is 0 Å². The van der Waals surface area contributed by atoms with E-state index >= 15 is 0 Å². The van der Waals surface area contributed by atoms with Crippen LogP contribution in [0.2, 0.25) is 26.2 Å². The molecule has 0 fully saturated rings. The zero-order valence-electron chi connectivity index (χ0n) is 8.05. The Labute approximate surface area is 73.1 Å². The van der Waals surface area contributed by atoms with Crippen molar-refractivity contribution in [2.45, 2.75) is 32.6 Å². The van der Waals surface area contributed by atoms with Crippen LogP contribution in [0.4, 0.5) is 0 Å². The maximum Gasteiger partial charge on any atom is 0.171 e. The van der Waals surface area contributed by atoms with Gasteiger partial charge in [-0.3, -0.25) is 0 Å². The van der Waals surface area contributed by atoms with Crippen LogP contribution < -0.4 is 0 Å². The van der Waals surface area contributed by atoms with Crippen LogP contribution in [0.25, 0.3) is 0 Å². The lowest BCUT2D eigenvalue weighted by Gasteiger charge is -2.07. The summed E-state index contributed by atoms with van der Waals surface area (Å²) in [5, 5.41) is 0. The predicted octanol–water partition coefficient (Wildman–Crippen LogP) is 1.43. The third-order valence-electron chi connectivity index (χ3n) is 1.07. The minimum Gasteiger partial charge on any atom is -0.424 e. The minimum atomic E-state index is -1.19. The first-order valence-electron chi connectivity index (χ1n) is 4.17. The van der Waals surface area contributed by atoms with Crippen molar-refractivity contribution in [3.05, 3.63) is 0 Å². The molecule has 0 aromatic heterocycles. The summed E-state index contributed by atoms with van der Waals surface area (Å²) < 4.78 is 9.79. The lowest BCUT2D eigenvalue weighted by Crippen LogP contribution is -2.16. The molecule has 2 nitrogen and oxygen atoms in total. The Morgan fingerprint density at radius 1 is 1.45 bits per heavy atom. The van der Waals surface area contributed by atoms with Crippen LogP contribution >= 0.6 is 0 Å². The molecule has 0 spiro atoms. The fourth-order valence-corrected chi connectivity index (χ4v) is 1.75. The molecule has 0 saturated carbocycles.